The molecule has 1 aromatic carbocycles. The van der Waals surface area contributed by atoms with E-state index in [-0.39, 0.29) is 32.7 Å². The molecule has 110 valence electrons. The number of halogens is 2. The summed E-state index contributed by atoms with van der Waals surface area (Å²) in [4.78, 5) is 14.1. The third-order valence-corrected chi connectivity index (χ3v) is 3.65. The Morgan fingerprint density at radius 2 is 1.91 bits per heavy atom. The van der Waals surface area contributed by atoms with E-state index in [1.807, 2.05) is 0 Å². The van der Waals surface area contributed by atoms with Crippen molar-refractivity contribution in [1.82, 2.24) is 4.98 Å². The standard InChI is InChI=1S/C14H8BrFN4O2/c1-22-9-3-2-8(15)11(12(9)16)10-6(4-17)13(19)20-14(21)7(10)5-18/h2-3H,1H3,(H3,19,20,21). The minimum atomic E-state index is -0.810. The van der Waals surface area contributed by atoms with Gasteiger partial charge in [-0.05, 0) is 12.1 Å². The number of anilines is 1. The van der Waals surface area contributed by atoms with Crippen molar-refractivity contribution in [2.24, 2.45) is 0 Å². The van der Waals surface area contributed by atoms with E-state index in [4.69, 9.17) is 10.5 Å². The molecule has 0 atom stereocenters. The van der Waals surface area contributed by atoms with Gasteiger partial charge < -0.3 is 15.5 Å². The molecule has 0 radical (unpaired) electrons. The van der Waals surface area contributed by atoms with E-state index in [0.29, 0.717) is 0 Å². The molecular weight excluding hydrogens is 355 g/mol. The third-order valence-electron chi connectivity index (χ3n) is 2.99. The van der Waals surface area contributed by atoms with Gasteiger partial charge in [0.15, 0.2) is 11.6 Å². The number of aromatic amines is 1. The van der Waals surface area contributed by atoms with Gasteiger partial charge in [-0.2, -0.15) is 10.5 Å². The van der Waals surface area contributed by atoms with Crippen LogP contribution < -0.4 is 16.0 Å². The van der Waals surface area contributed by atoms with E-state index in [9.17, 15) is 19.7 Å². The van der Waals surface area contributed by atoms with Crippen molar-refractivity contribution in [2.45, 2.75) is 0 Å². The van der Waals surface area contributed by atoms with Crippen molar-refractivity contribution < 1.29 is 9.13 Å². The topological polar surface area (TPSA) is 116 Å². The zero-order valence-electron chi connectivity index (χ0n) is 11.2. The molecule has 3 N–H and O–H groups in total. The quantitative estimate of drug-likeness (QED) is 0.849. The zero-order chi connectivity index (χ0) is 16.4. The predicted octanol–water partition coefficient (Wildman–Crippen LogP) is 2.28. The first-order chi connectivity index (χ1) is 10.5. The predicted molar refractivity (Wildman–Crippen MR) is 80.6 cm³/mol. The van der Waals surface area contributed by atoms with E-state index < -0.39 is 16.9 Å². The first kappa shape index (κ1) is 15.5. The fraction of sp³-hybridized carbons (Fsp3) is 0.0714. The van der Waals surface area contributed by atoms with Crippen molar-refractivity contribution in [3.63, 3.8) is 0 Å². The first-order valence-electron chi connectivity index (χ1n) is 5.84. The van der Waals surface area contributed by atoms with Crippen LogP contribution in [-0.2, 0) is 0 Å². The molecule has 0 saturated carbocycles. The second-order valence-electron chi connectivity index (χ2n) is 4.16. The van der Waals surface area contributed by atoms with Crippen LogP contribution in [0.5, 0.6) is 5.75 Å². The molecule has 6 nitrogen and oxygen atoms in total. The molecular formula is C14H8BrFN4O2. The number of methoxy groups -OCH3 is 1. The largest absolute Gasteiger partial charge is 0.494 e. The summed E-state index contributed by atoms with van der Waals surface area (Å²) in [6, 6.07) is 6.31. The fourth-order valence-electron chi connectivity index (χ4n) is 2.01. The maximum absolute atomic E-state index is 14.6. The summed E-state index contributed by atoms with van der Waals surface area (Å²) in [5.74, 6) is -1.14. The van der Waals surface area contributed by atoms with Gasteiger partial charge in [0, 0.05) is 15.6 Å². The van der Waals surface area contributed by atoms with Crippen molar-refractivity contribution in [1.29, 1.82) is 10.5 Å². The second kappa shape index (κ2) is 5.88. The number of benzene rings is 1. The third kappa shape index (κ3) is 2.30. The number of H-pyrrole nitrogens is 1. The Bertz CT molecular complexity index is 909. The summed E-state index contributed by atoms with van der Waals surface area (Å²) in [6.45, 7) is 0. The van der Waals surface area contributed by atoms with Gasteiger partial charge in [0.25, 0.3) is 5.56 Å². The molecule has 0 aliphatic rings. The van der Waals surface area contributed by atoms with Gasteiger partial charge in [-0.15, -0.1) is 0 Å². The monoisotopic (exact) mass is 362 g/mol. The second-order valence-corrected chi connectivity index (χ2v) is 5.01. The van der Waals surface area contributed by atoms with Gasteiger partial charge in [-0.3, -0.25) is 4.79 Å². The molecule has 0 aliphatic heterocycles. The Morgan fingerprint density at radius 1 is 1.27 bits per heavy atom. The minimum Gasteiger partial charge on any atom is -0.494 e. The summed E-state index contributed by atoms with van der Waals surface area (Å²) >= 11 is 3.16. The van der Waals surface area contributed by atoms with Gasteiger partial charge in [-0.25, -0.2) is 4.39 Å². The molecule has 1 heterocycles. The van der Waals surface area contributed by atoms with E-state index in [0.717, 1.165) is 0 Å². The zero-order valence-corrected chi connectivity index (χ0v) is 12.8. The number of aromatic nitrogens is 1. The number of nitrogen functional groups attached to an aromatic ring is 1. The molecule has 0 spiro atoms. The molecule has 0 aliphatic carbocycles. The van der Waals surface area contributed by atoms with E-state index >= 15 is 0 Å². The number of rotatable bonds is 2. The van der Waals surface area contributed by atoms with Crippen molar-refractivity contribution in [3.05, 3.63) is 43.9 Å². The molecule has 0 fully saturated rings. The van der Waals surface area contributed by atoms with Crippen LogP contribution in [0, 0.1) is 28.5 Å². The van der Waals surface area contributed by atoms with E-state index in [1.165, 1.54) is 19.2 Å². The Hall–Kier alpha value is -2.84. The van der Waals surface area contributed by atoms with Crippen LogP contribution in [0.2, 0.25) is 0 Å². The Kier molecular flexibility index (Phi) is 4.15. The Labute approximate surface area is 132 Å². The number of nitriles is 2. The normalized spacial score (nSPS) is 9.86. The highest BCUT2D eigenvalue weighted by atomic mass is 79.9. The molecule has 0 amide bonds. The highest BCUT2D eigenvalue weighted by Gasteiger charge is 2.24. The number of pyridine rings is 1. The van der Waals surface area contributed by atoms with Crippen LogP contribution >= 0.6 is 15.9 Å². The van der Waals surface area contributed by atoms with E-state index in [1.54, 1.807) is 12.1 Å². The smallest absolute Gasteiger partial charge is 0.268 e. The maximum atomic E-state index is 14.6. The minimum absolute atomic E-state index is 0.0927. The van der Waals surface area contributed by atoms with Crippen LogP contribution in [-0.4, -0.2) is 12.1 Å². The number of nitrogens with two attached hydrogens (primary N) is 1. The lowest BCUT2D eigenvalue weighted by Gasteiger charge is -2.13. The van der Waals surface area contributed by atoms with E-state index in [2.05, 4.69) is 20.9 Å². The lowest BCUT2D eigenvalue weighted by Crippen LogP contribution is -2.17. The summed E-state index contributed by atoms with van der Waals surface area (Å²) in [5, 5.41) is 18.4. The van der Waals surface area contributed by atoms with Crippen molar-refractivity contribution in [2.75, 3.05) is 12.8 Å². The fourth-order valence-corrected chi connectivity index (χ4v) is 2.52. The Balaban J connectivity index is 3.06. The average Bonchev–Trinajstić information content (AvgIpc) is 2.47. The van der Waals surface area contributed by atoms with Crippen LogP contribution in [0.4, 0.5) is 10.2 Å². The van der Waals surface area contributed by atoms with Crippen molar-refractivity contribution >= 4 is 21.7 Å². The van der Waals surface area contributed by atoms with Crippen LogP contribution in [0.25, 0.3) is 11.1 Å². The highest BCUT2D eigenvalue weighted by Crippen LogP contribution is 2.39. The van der Waals surface area contributed by atoms with Gasteiger partial charge in [-0.1, -0.05) is 15.9 Å². The molecule has 2 rings (SSSR count). The molecule has 0 bridgehead atoms. The van der Waals surface area contributed by atoms with Gasteiger partial charge in [0.1, 0.15) is 29.1 Å². The maximum Gasteiger partial charge on any atom is 0.268 e. The summed E-state index contributed by atoms with van der Waals surface area (Å²) in [7, 11) is 1.28. The number of nitrogens with zero attached hydrogens (tertiary/aromatic N) is 2. The number of nitrogens with one attached hydrogen (secondary N) is 1. The molecule has 2 aromatic rings. The summed E-state index contributed by atoms with van der Waals surface area (Å²) < 4.78 is 19.7. The summed E-state index contributed by atoms with van der Waals surface area (Å²) in [6.07, 6.45) is 0. The highest BCUT2D eigenvalue weighted by molar-refractivity contribution is 9.10. The van der Waals surface area contributed by atoms with Crippen molar-refractivity contribution in [3.8, 4) is 29.0 Å². The lowest BCUT2D eigenvalue weighted by molar-refractivity contribution is 0.387. The molecule has 0 unspecified atom stereocenters. The van der Waals surface area contributed by atoms with Crippen LogP contribution in [0.1, 0.15) is 11.1 Å². The SMILES string of the molecule is COc1ccc(Br)c(-c2c(C#N)c(N)[nH]c(=O)c2C#N)c1F. The van der Waals surface area contributed by atoms with Crippen LogP contribution in [0.15, 0.2) is 21.4 Å². The molecule has 0 saturated heterocycles. The summed E-state index contributed by atoms with van der Waals surface area (Å²) in [5.41, 5.74) is 3.90. The molecule has 22 heavy (non-hydrogen) atoms. The average molecular weight is 363 g/mol. The lowest BCUT2D eigenvalue weighted by atomic mass is 9.96. The van der Waals surface area contributed by atoms with Gasteiger partial charge in [0.05, 0.1) is 7.11 Å². The number of ether oxygens (including phenoxy) is 1. The first-order valence-corrected chi connectivity index (χ1v) is 6.63. The van der Waals surface area contributed by atoms with Gasteiger partial charge >= 0.3 is 0 Å². The molecule has 8 heteroatoms. The van der Waals surface area contributed by atoms with Gasteiger partial charge in [0.2, 0.25) is 0 Å². The van der Waals surface area contributed by atoms with Crippen LogP contribution in [0.3, 0.4) is 0 Å². The number of hydrogen-bond acceptors (Lipinski definition) is 5. The Morgan fingerprint density at radius 3 is 2.45 bits per heavy atom. The molecule has 1 aromatic heterocycles. The number of hydrogen-bond donors (Lipinski definition) is 2.